The molecule has 0 saturated carbocycles. The quantitative estimate of drug-likeness (QED) is 0.204. The molecular formula is C25H44N4O2. The SMILES string of the molecule is CCCCC(CC)COCCCN=C(C)Nc1ccc(C)c(NC(=O)NC(C)(C)C)c1. The maximum absolute atomic E-state index is 12.2. The van der Waals surface area contributed by atoms with Gasteiger partial charge in [-0.05, 0) is 71.1 Å². The van der Waals surface area contributed by atoms with Gasteiger partial charge in [-0.25, -0.2) is 4.79 Å². The van der Waals surface area contributed by atoms with Crippen LogP contribution in [0.4, 0.5) is 16.2 Å². The van der Waals surface area contributed by atoms with E-state index in [1.807, 2.05) is 52.8 Å². The lowest BCUT2D eigenvalue weighted by Crippen LogP contribution is -2.43. The van der Waals surface area contributed by atoms with Gasteiger partial charge < -0.3 is 20.7 Å². The second-order valence-corrected chi connectivity index (χ2v) is 9.30. The number of hydrogen-bond acceptors (Lipinski definition) is 3. The van der Waals surface area contributed by atoms with Crippen molar-refractivity contribution in [2.45, 2.75) is 86.1 Å². The fraction of sp³-hybridized carbons (Fsp3) is 0.680. The Morgan fingerprint density at radius 2 is 1.90 bits per heavy atom. The van der Waals surface area contributed by atoms with Crippen molar-refractivity contribution >= 4 is 23.2 Å². The molecule has 0 saturated heterocycles. The Kier molecular flexibility index (Phi) is 12.2. The number of anilines is 2. The molecule has 0 aliphatic heterocycles. The van der Waals surface area contributed by atoms with Crippen LogP contribution in [-0.2, 0) is 4.74 Å². The number of rotatable bonds is 12. The first-order valence-electron chi connectivity index (χ1n) is 11.7. The Hall–Kier alpha value is -2.08. The summed E-state index contributed by atoms with van der Waals surface area (Å²) < 4.78 is 5.85. The van der Waals surface area contributed by atoms with Crippen LogP contribution in [0.25, 0.3) is 0 Å². The van der Waals surface area contributed by atoms with Gasteiger partial charge in [0.2, 0.25) is 0 Å². The zero-order valence-electron chi connectivity index (χ0n) is 20.7. The Labute approximate surface area is 189 Å². The van der Waals surface area contributed by atoms with E-state index in [-0.39, 0.29) is 11.6 Å². The maximum Gasteiger partial charge on any atom is 0.319 e. The molecule has 6 heteroatoms. The lowest BCUT2D eigenvalue weighted by atomic mass is 10.0. The fourth-order valence-corrected chi connectivity index (χ4v) is 3.14. The average molecular weight is 433 g/mol. The minimum absolute atomic E-state index is 0.210. The van der Waals surface area contributed by atoms with Crippen molar-refractivity contribution in [3.05, 3.63) is 23.8 Å². The first-order valence-corrected chi connectivity index (χ1v) is 11.7. The third-order valence-electron chi connectivity index (χ3n) is 4.99. The minimum atomic E-state index is -0.284. The maximum atomic E-state index is 12.2. The number of carbonyl (C=O) groups excluding carboxylic acids is 1. The molecular weight excluding hydrogens is 388 g/mol. The van der Waals surface area contributed by atoms with Crippen molar-refractivity contribution < 1.29 is 9.53 Å². The number of amides is 2. The summed E-state index contributed by atoms with van der Waals surface area (Å²) in [5.74, 6) is 1.53. The number of carbonyl (C=O) groups is 1. The summed E-state index contributed by atoms with van der Waals surface area (Å²) in [4.78, 5) is 16.8. The first kappa shape index (κ1) is 27.0. The zero-order valence-corrected chi connectivity index (χ0v) is 20.7. The van der Waals surface area contributed by atoms with Crippen LogP contribution in [-0.4, -0.2) is 37.2 Å². The Morgan fingerprint density at radius 1 is 1.16 bits per heavy atom. The fourth-order valence-electron chi connectivity index (χ4n) is 3.14. The van der Waals surface area contributed by atoms with Crippen LogP contribution >= 0.6 is 0 Å². The molecule has 1 aromatic carbocycles. The van der Waals surface area contributed by atoms with E-state index in [0.29, 0.717) is 5.92 Å². The number of unbranched alkanes of at least 4 members (excludes halogenated alkanes) is 1. The van der Waals surface area contributed by atoms with Gasteiger partial charge in [0.1, 0.15) is 0 Å². The van der Waals surface area contributed by atoms with Crippen molar-refractivity contribution in [2.75, 3.05) is 30.4 Å². The molecule has 0 radical (unpaired) electrons. The van der Waals surface area contributed by atoms with Crippen molar-refractivity contribution in [3.63, 3.8) is 0 Å². The second kappa shape index (κ2) is 14.1. The van der Waals surface area contributed by atoms with E-state index in [4.69, 9.17) is 4.74 Å². The molecule has 0 aromatic heterocycles. The molecule has 6 nitrogen and oxygen atoms in total. The first-order chi connectivity index (χ1) is 14.6. The molecule has 0 bridgehead atoms. The number of ether oxygens (including phenoxy) is 1. The van der Waals surface area contributed by atoms with Gasteiger partial charge in [-0.15, -0.1) is 0 Å². The van der Waals surface area contributed by atoms with Crippen LogP contribution in [0, 0.1) is 12.8 Å². The van der Waals surface area contributed by atoms with E-state index in [1.54, 1.807) is 0 Å². The Balaban J connectivity index is 2.44. The molecule has 176 valence electrons. The number of amidine groups is 1. The van der Waals surface area contributed by atoms with Crippen molar-refractivity contribution in [1.82, 2.24) is 5.32 Å². The van der Waals surface area contributed by atoms with Gasteiger partial charge in [-0.1, -0.05) is 39.2 Å². The highest BCUT2D eigenvalue weighted by Crippen LogP contribution is 2.20. The second-order valence-electron chi connectivity index (χ2n) is 9.30. The van der Waals surface area contributed by atoms with Crippen molar-refractivity contribution in [2.24, 2.45) is 10.9 Å². The molecule has 0 aliphatic rings. The molecule has 1 rings (SSSR count). The monoisotopic (exact) mass is 432 g/mol. The van der Waals surface area contributed by atoms with Crippen molar-refractivity contribution in [3.8, 4) is 0 Å². The topological polar surface area (TPSA) is 74.8 Å². The summed E-state index contributed by atoms with van der Waals surface area (Å²) in [6.07, 6.45) is 5.90. The average Bonchev–Trinajstić information content (AvgIpc) is 2.68. The predicted molar refractivity (Wildman–Crippen MR) is 133 cm³/mol. The van der Waals surface area contributed by atoms with E-state index in [2.05, 4.69) is 34.8 Å². The molecule has 1 aromatic rings. The summed E-state index contributed by atoms with van der Waals surface area (Å²) in [5, 5.41) is 9.15. The summed E-state index contributed by atoms with van der Waals surface area (Å²) >= 11 is 0. The number of aryl methyl sites for hydroxylation is 1. The van der Waals surface area contributed by atoms with Crippen LogP contribution < -0.4 is 16.0 Å². The van der Waals surface area contributed by atoms with Gasteiger partial charge in [0.15, 0.2) is 0 Å². The lowest BCUT2D eigenvalue weighted by molar-refractivity contribution is 0.0933. The molecule has 0 fully saturated rings. The number of urea groups is 1. The van der Waals surface area contributed by atoms with E-state index < -0.39 is 0 Å². The molecule has 0 heterocycles. The highest BCUT2D eigenvalue weighted by atomic mass is 16.5. The van der Waals surface area contributed by atoms with Gasteiger partial charge in [-0.3, -0.25) is 4.99 Å². The van der Waals surface area contributed by atoms with Gasteiger partial charge in [0.25, 0.3) is 0 Å². The molecule has 0 spiro atoms. The van der Waals surface area contributed by atoms with E-state index in [1.165, 1.54) is 25.7 Å². The number of aliphatic imine (C=N–C) groups is 1. The van der Waals surface area contributed by atoms with Crippen LogP contribution in [0.5, 0.6) is 0 Å². The highest BCUT2D eigenvalue weighted by Gasteiger charge is 2.14. The smallest absolute Gasteiger partial charge is 0.319 e. The van der Waals surface area contributed by atoms with Gasteiger partial charge in [0.05, 0.1) is 5.84 Å². The van der Waals surface area contributed by atoms with E-state index in [9.17, 15) is 4.79 Å². The minimum Gasteiger partial charge on any atom is -0.381 e. The number of hydrogen-bond donors (Lipinski definition) is 3. The number of nitrogens with one attached hydrogen (secondary N) is 3. The number of benzene rings is 1. The van der Waals surface area contributed by atoms with Crippen LogP contribution in [0.2, 0.25) is 0 Å². The van der Waals surface area contributed by atoms with Crippen LogP contribution in [0.3, 0.4) is 0 Å². The molecule has 0 aliphatic carbocycles. The molecule has 3 N–H and O–H groups in total. The van der Waals surface area contributed by atoms with Gasteiger partial charge in [0, 0.05) is 36.7 Å². The molecule has 2 amide bonds. The van der Waals surface area contributed by atoms with Gasteiger partial charge in [-0.2, -0.15) is 0 Å². The predicted octanol–water partition coefficient (Wildman–Crippen LogP) is 6.37. The lowest BCUT2D eigenvalue weighted by Gasteiger charge is -2.21. The summed E-state index contributed by atoms with van der Waals surface area (Å²) in [6.45, 7) is 16.6. The highest BCUT2D eigenvalue weighted by molar-refractivity contribution is 5.95. The zero-order chi connectivity index (χ0) is 23.3. The van der Waals surface area contributed by atoms with Crippen LogP contribution in [0.15, 0.2) is 23.2 Å². The summed E-state index contributed by atoms with van der Waals surface area (Å²) in [7, 11) is 0. The Bertz CT molecular complexity index is 695. The van der Waals surface area contributed by atoms with Crippen LogP contribution in [0.1, 0.15) is 79.2 Å². The van der Waals surface area contributed by atoms with E-state index in [0.717, 1.165) is 49.0 Å². The Morgan fingerprint density at radius 3 is 2.55 bits per heavy atom. The summed E-state index contributed by atoms with van der Waals surface area (Å²) in [6, 6.07) is 5.70. The third kappa shape index (κ3) is 12.4. The van der Waals surface area contributed by atoms with E-state index >= 15 is 0 Å². The normalized spacial score (nSPS) is 13.1. The summed E-state index contributed by atoms with van der Waals surface area (Å²) in [5.41, 5.74) is 2.40. The molecule has 1 unspecified atom stereocenters. The standard InChI is InChI=1S/C25H44N4O2/c1-8-10-12-21(9-2)18-31-16-11-15-26-20(4)27-22-14-13-19(3)23(17-22)28-24(30)29-25(5,6)7/h13-14,17,21H,8-12,15-16,18H2,1-7H3,(H,26,27)(H2,28,29,30). The molecule has 31 heavy (non-hydrogen) atoms. The van der Waals surface area contributed by atoms with Gasteiger partial charge >= 0.3 is 6.03 Å². The number of nitrogens with zero attached hydrogens (tertiary/aromatic N) is 1. The van der Waals surface area contributed by atoms with Crippen molar-refractivity contribution in [1.29, 1.82) is 0 Å². The molecule has 1 atom stereocenters. The largest absolute Gasteiger partial charge is 0.381 e. The third-order valence-corrected chi connectivity index (χ3v) is 4.99.